The average molecular weight is 445 g/mol. The fourth-order valence-corrected chi connectivity index (χ4v) is 10.2. The fourth-order valence-electron chi connectivity index (χ4n) is 6.14. The third-order valence-corrected chi connectivity index (χ3v) is 11.7. The van der Waals surface area contributed by atoms with E-state index in [0.29, 0.717) is 9.49 Å². The van der Waals surface area contributed by atoms with Crippen molar-refractivity contribution in [1.29, 1.82) is 0 Å². The first-order chi connectivity index (χ1) is 14.8. The Balaban J connectivity index is 1.33. The highest BCUT2D eigenvalue weighted by atomic mass is 32.2. The highest BCUT2D eigenvalue weighted by molar-refractivity contribution is 8.13. The van der Waals surface area contributed by atoms with Crippen LogP contribution in [0.4, 0.5) is 0 Å². The van der Waals surface area contributed by atoms with E-state index in [2.05, 4.69) is 61.6 Å². The molecule has 0 spiro atoms. The van der Waals surface area contributed by atoms with E-state index in [1.165, 1.54) is 103 Å². The van der Waals surface area contributed by atoms with E-state index in [0.717, 1.165) is 10.5 Å². The van der Waals surface area contributed by atoms with E-state index in [9.17, 15) is 0 Å². The molecular formula is C28H44S2. The molecule has 1 aliphatic carbocycles. The number of benzene rings is 1. The minimum atomic E-state index is 0.472. The van der Waals surface area contributed by atoms with E-state index in [4.69, 9.17) is 0 Å². The molecule has 2 heterocycles. The molecule has 4 rings (SSSR count). The van der Waals surface area contributed by atoms with Gasteiger partial charge < -0.3 is 0 Å². The number of rotatable bonds is 16. The van der Waals surface area contributed by atoms with Gasteiger partial charge >= 0.3 is 0 Å². The first-order valence-electron chi connectivity index (χ1n) is 13.2. The molecule has 30 heavy (non-hydrogen) atoms. The maximum atomic E-state index is 2.51. The van der Waals surface area contributed by atoms with Gasteiger partial charge in [-0.15, -0.1) is 23.5 Å². The van der Waals surface area contributed by atoms with Crippen LogP contribution in [0.3, 0.4) is 0 Å². The van der Waals surface area contributed by atoms with E-state index < -0.39 is 0 Å². The molecule has 0 bridgehead atoms. The maximum absolute atomic E-state index is 2.51. The third-order valence-electron chi connectivity index (χ3n) is 7.94. The Morgan fingerprint density at radius 3 is 1.93 bits per heavy atom. The minimum Gasteiger partial charge on any atom is -0.146 e. The van der Waals surface area contributed by atoms with Crippen LogP contribution < -0.4 is 0 Å². The molecular weight excluding hydrogens is 400 g/mol. The van der Waals surface area contributed by atoms with Crippen LogP contribution in [0.25, 0.3) is 0 Å². The average Bonchev–Trinajstić information content (AvgIpc) is 3.67. The van der Waals surface area contributed by atoms with E-state index in [1.807, 2.05) is 0 Å². The molecule has 0 saturated carbocycles. The lowest BCUT2D eigenvalue weighted by molar-refractivity contribution is 0.407. The largest absolute Gasteiger partial charge is 0.146 e. The summed E-state index contributed by atoms with van der Waals surface area (Å²) in [4.78, 5) is 0. The molecule has 1 aromatic carbocycles. The summed E-state index contributed by atoms with van der Waals surface area (Å²) in [6.45, 7) is 4.64. The molecule has 0 amide bonds. The Labute approximate surface area is 195 Å². The first-order valence-corrected chi connectivity index (χ1v) is 15.0. The lowest BCUT2D eigenvalue weighted by Crippen LogP contribution is -2.34. The lowest BCUT2D eigenvalue weighted by atomic mass is 9.71. The highest BCUT2D eigenvalue weighted by Crippen LogP contribution is 2.87. The van der Waals surface area contributed by atoms with Gasteiger partial charge in [-0.05, 0) is 24.0 Å². The molecule has 2 heteroatoms. The molecule has 168 valence electrons. The number of fused-ring (bicyclic) bond motifs is 6. The fraction of sp³-hybridized carbons (Fsp3) is 0.786. The van der Waals surface area contributed by atoms with Crippen molar-refractivity contribution in [3.63, 3.8) is 0 Å². The van der Waals surface area contributed by atoms with Crippen molar-refractivity contribution >= 4 is 23.5 Å². The summed E-state index contributed by atoms with van der Waals surface area (Å²) < 4.78 is 1.06. The molecule has 4 atom stereocenters. The summed E-state index contributed by atoms with van der Waals surface area (Å²) in [6.07, 6.45) is 23.0. The molecule has 3 aliphatic rings. The zero-order chi connectivity index (χ0) is 20.9. The Morgan fingerprint density at radius 2 is 1.27 bits per heavy atom. The molecule has 0 aromatic heterocycles. The van der Waals surface area contributed by atoms with Crippen molar-refractivity contribution in [1.82, 2.24) is 0 Å². The molecule has 4 unspecified atom stereocenters. The summed E-state index contributed by atoms with van der Waals surface area (Å²) in [5.41, 5.74) is 3.45. The van der Waals surface area contributed by atoms with Crippen LogP contribution >= 0.6 is 23.5 Å². The Bertz CT molecular complexity index is 670. The van der Waals surface area contributed by atoms with Gasteiger partial charge in [0.2, 0.25) is 0 Å². The van der Waals surface area contributed by atoms with Crippen LogP contribution in [0.15, 0.2) is 24.3 Å². The van der Waals surface area contributed by atoms with Gasteiger partial charge in [0, 0.05) is 15.2 Å². The highest BCUT2D eigenvalue weighted by Gasteiger charge is 2.79. The summed E-state index contributed by atoms with van der Waals surface area (Å²) >= 11 is 4.71. The number of hydrogen-bond donors (Lipinski definition) is 0. The van der Waals surface area contributed by atoms with Crippen LogP contribution in [0.5, 0.6) is 0 Å². The van der Waals surface area contributed by atoms with Gasteiger partial charge in [-0.3, -0.25) is 0 Å². The van der Waals surface area contributed by atoms with Gasteiger partial charge in [0.15, 0.2) is 0 Å². The normalized spacial score (nSPS) is 30.5. The minimum absolute atomic E-state index is 0.472. The van der Waals surface area contributed by atoms with Gasteiger partial charge in [-0.1, -0.05) is 128 Å². The Kier molecular flexibility index (Phi) is 8.23. The zero-order valence-electron chi connectivity index (χ0n) is 19.6. The smallest absolute Gasteiger partial charge is 0.0575 e. The van der Waals surface area contributed by atoms with Crippen molar-refractivity contribution in [3.05, 3.63) is 35.4 Å². The second kappa shape index (κ2) is 10.7. The standard InChI is InChI=1S/C28H44S2/c1-3-5-7-9-11-13-17-21-27-24-20-16-15-19-23(24)25-26(29-25)28(27,30-27)22-18-14-12-10-8-6-4-2/h15-16,19-20,25-26H,3-14,17-18,21-22H2,1-2H3. The quantitative estimate of drug-likeness (QED) is 0.184. The molecule has 0 N–H and O–H groups in total. The molecule has 2 aliphatic heterocycles. The Hall–Kier alpha value is -0.0800. The third kappa shape index (κ3) is 4.66. The second-order valence-electron chi connectivity index (χ2n) is 10.1. The molecule has 2 fully saturated rings. The molecule has 0 nitrogen and oxygen atoms in total. The van der Waals surface area contributed by atoms with Gasteiger partial charge in [0.1, 0.15) is 0 Å². The second-order valence-corrected chi connectivity index (χ2v) is 13.0. The van der Waals surface area contributed by atoms with Gasteiger partial charge in [0.25, 0.3) is 0 Å². The van der Waals surface area contributed by atoms with Gasteiger partial charge in [-0.25, -0.2) is 0 Å². The van der Waals surface area contributed by atoms with E-state index in [-0.39, 0.29) is 0 Å². The van der Waals surface area contributed by atoms with Crippen LogP contribution in [0.1, 0.15) is 133 Å². The van der Waals surface area contributed by atoms with E-state index >= 15 is 0 Å². The summed E-state index contributed by atoms with van der Waals surface area (Å²) in [5.74, 6) is 0. The van der Waals surface area contributed by atoms with Crippen molar-refractivity contribution in [2.24, 2.45) is 0 Å². The predicted octanol–water partition coefficient (Wildman–Crippen LogP) is 9.82. The van der Waals surface area contributed by atoms with Crippen LogP contribution in [-0.4, -0.2) is 10.00 Å². The summed E-state index contributed by atoms with van der Waals surface area (Å²) in [7, 11) is 0. The summed E-state index contributed by atoms with van der Waals surface area (Å²) in [5, 5.41) is 1.74. The first kappa shape index (κ1) is 23.1. The molecule has 0 radical (unpaired) electrons. The summed E-state index contributed by atoms with van der Waals surface area (Å²) in [6, 6.07) is 9.56. The number of thioether (sulfide) groups is 2. The number of hydrogen-bond acceptors (Lipinski definition) is 2. The van der Waals surface area contributed by atoms with Crippen LogP contribution in [0, 0.1) is 0 Å². The van der Waals surface area contributed by atoms with Crippen molar-refractivity contribution in [2.45, 2.75) is 137 Å². The maximum Gasteiger partial charge on any atom is 0.0575 e. The number of unbranched alkanes of at least 4 members (excludes halogenated alkanes) is 12. The molecule has 2 saturated heterocycles. The van der Waals surface area contributed by atoms with E-state index in [1.54, 1.807) is 11.1 Å². The predicted molar refractivity (Wildman–Crippen MR) is 138 cm³/mol. The van der Waals surface area contributed by atoms with Crippen LogP contribution in [-0.2, 0) is 4.75 Å². The Morgan fingerprint density at radius 1 is 0.700 bits per heavy atom. The van der Waals surface area contributed by atoms with Crippen molar-refractivity contribution < 1.29 is 0 Å². The van der Waals surface area contributed by atoms with Crippen molar-refractivity contribution in [3.8, 4) is 0 Å². The monoisotopic (exact) mass is 444 g/mol. The topological polar surface area (TPSA) is 0 Å². The zero-order valence-corrected chi connectivity index (χ0v) is 21.2. The lowest BCUT2D eigenvalue weighted by Gasteiger charge is -2.30. The van der Waals surface area contributed by atoms with Gasteiger partial charge in [-0.2, -0.15) is 0 Å². The van der Waals surface area contributed by atoms with Crippen molar-refractivity contribution in [2.75, 3.05) is 0 Å². The van der Waals surface area contributed by atoms with Gasteiger partial charge in [0.05, 0.1) is 4.75 Å². The molecule has 1 aromatic rings. The van der Waals surface area contributed by atoms with Crippen LogP contribution in [0.2, 0.25) is 0 Å². The SMILES string of the molecule is CCCCCCCCCC12SC1(CCCCCCCCC)C1SC1c1ccccc12.